The Morgan fingerprint density at radius 2 is 1.58 bits per heavy atom. The van der Waals surface area contributed by atoms with Gasteiger partial charge >= 0.3 is 11.8 Å². The number of carbonyl (C=O) groups excluding carboxylic acids is 3. The molecule has 0 aromatic heterocycles. The first kappa shape index (κ1) is 23.2. The Bertz CT molecular complexity index is 1130. The lowest BCUT2D eigenvalue weighted by molar-refractivity contribution is -0.136. The number of hydrogen-bond acceptors (Lipinski definition) is 5. The van der Waals surface area contributed by atoms with Crippen molar-refractivity contribution in [3.8, 4) is 5.75 Å². The largest absolute Gasteiger partial charge is 0.484 e. The number of hydrazone groups is 1. The third kappa shape index (κ3) is 7.62. The summed E-state index contributed by atoms with van der Waals surface area (Å²) in [5, 5.41) is 9.12. The highest BCUT2D eigenvalue weighted by Crippen LogP contribution is 2.13. The highest BCUT2D eigenvalue weighted by Gasteiger charge is 2.13. The molecule has 0 aliphatic rings. The zero-order valence-corrected chi connectivity index (χ0v) is 18.1. The molecule has 33 heavy (non-hydrogen) atoms. The zero-order valence-electron chi connectivity index (χ0n) is 18.1. The summed E-state index contributed by atoms with van der Waals surface area (Å²) in [5.41, 5.74) is 5.28. The minimum Gasteiger partial charge on any atom is -0.484 e. The summed E-state index contributed by atoms with van der Waals surface area (Å²) in [6, 6.07) is 23.5. The lowest BCUT2D eigenvalue weighted by Crippen LogP contribution is -2.32. The van der Waals surface area contributed by atoms with E-state index in [0.29, 0.717) is 23.5 Å². The Morgan fingerprint density at radius 1 is 0.879 bits per heavy atom. The Balaban J connectivity index is 1.40. The molecular formula is C25H24N4O4. The van der Waals surface area contributed by atoms with Crippen LogP contribution in [0.4, 0.5) is 5.69 Å². The van der Waals surface area contributed by atoms with E-state index in [1.165, 1.54) is 6.21 Å². The number of benzene rings is 3. The molecule has 3 amide bonds. The molecule has 0 heterocycles. The Morgan fingerprint density at radius 3 is 2.30 bits per heavy atom. The molecule has 8 nitrogen and oxygen atoms in total. The van der Waals surface area contributed by atoms with Crippen LogP contribution in [0.1, 0.15) is 16.7 Å². The van der Waals surface area contributed by atoms with Gasteiger partial charge in [-0.25, -0.2) is 5.43 Å². The van der Waals surface area contributed by atoms with E-state index in [1.807, 2.05) is 49.4 Å². The molecule has 3 N–H and O–H groups in total. The fraction of sp³-hybridized carbons (Fsp3) is 0.120. The van der Waals surface area contributed by atoms with Gasteiger partial charge in [-0.05, 0) is 53.9 Å². The Kier molecular flexibility index (Phi) is 8.30. The number of hydrogen-bond donors (Lipinski definition) is 3. The van der Waals surface area contributed by atoms with Crippen LogP contribution in [0.25, 0.3) is 0 Å². The van der Waals surface area contributed by atoms with Crippen molar-refractivity contribution in [2.75, 3.05) is 11.9 Å². The number of carbonyl (C=O) groups is 3. The Hall–Kier alpha value is -4.46. The van der Waals surface area contributed by atoms with E-state index >= 15 is 0 Å². The fourth-order valence-corrected chi connectivity index (χ4v) is 2.75. The number of nitrogens with zero attached hydrogens (tertiary/aromatic N) is 1. The monoisotopic (exact) mass is 444 g/mol. The van der Waals surface area contributed by atoms with E-state index in [1.54, 1.807) is 36.4 Å². The average Bonchev–Trinajstić information content (AvgIpc) is 2.84. The molecule has 3 aromatic rings. The highest BCUT2D eigenvalue weighted by molar-refractivity contribution is 6.39. The third-order valence-corrected chi connectivity index (χ3v) is 4.56. The molecular weight excluding hydrogens is 420 g/mol. The van der Waals surface area contributed by atoms with Crippen LogP contribution in [0, 0.1) is 6.92 Å². The van der Waals surface area contributed by atoms with Gasteiger partial charge in [0.25, 0.3) is 5.91 Å². The summed E-state index contributed by atoms with van der Waals surface area (Å²) in [7, 11) is 0. The number of ether oxygens (including phenoxy) is 1. The van der Waals surface area contributed by atoms with Crippen LogP contribution in [0.15, 0.2) is 84.0 Å². The van der Waals surface area contributed by atoms with Gasteiger partial charge in [-0.2, -0.15) is 5.10 Å². The Labute approximate surface area is 191 Å². The van der Waals surface area contributed by atoms with Gasteiger partial charge in [0.15, 0.2) is 6.61 Å². The van der Waals surface area contributed by atoms with Gasteiger partial charge in [-0.3, -0.25) is 14.4 Å². The van der Waals surface area contributed by atoms with Crippen LogP contribution in [-0.2, 0) is 20.9 Å². The van der Waals surface area contributed by atoms with Crippen LogP contribution >= 0.6 is 0 Å². The minimum absolute atomic E-state index is 0.105. The first-order chi connectivity index (χ1) is 16.0. The molecule has 0 unspecified atom stereocenters. The van der Waals surface area contributed by atoms with Crippen molar-refractivity contribution in [2.45, 2.75) is 13.5 Å². The molecule has 0 saturated carbocycles. The number of amides is 3. The first-order valence-electron chi connectivity index (χ1n) is 10.2. The van der Waals surface area contributed by atoms with Crippen molar-refractivity contribution in [3.63, 3.8) is 0 Å². The maximum absolute atomic E-state index is 12.0. The van der Waals surface area contributed by atoms with Crippen molar-refractivity contribution in [3.05, 3.63) is 95.6 Å². The van der Waals surface area contributed by atoms with Crippen LogP contribution in [-0.4, -0.2) is 30.5 Å². The van der Waals surface area contributed by atoms with Crippen molar-refractivity contribution >= 4 is 29.6 Å². The maximum atomic E-state index is 12.0. The fourth-order valence-electron chi connectivity index (χ4n) is 2.75. The predicted octanol–water partition coefficient (Wildman–Crippen LogP) is 2.78. The molecule has 3 rings (SSSR count). The zero-order chi connectivity index (χ0) is 23.5. The number of rotatable bonds is 8. The van der Waals surface area contributed by atoms with Gasteiger partial charge in [-0.15, -0.1) is 0 Å². The SMILES string of the molecule is Cc1ccccc1NC(=O)C(=O)N/N=C\c1ccc(OCC(=O)NCc2ccccc2)cc1. The lowest BCUT2D eigenvalue weighted by Gasteiger charge is -2.08. The highest BCUT2D eigenvalue weighted by atomic mass is 16.5. The van der Waals surface area contributed by atoms with E-state index in [-0.39, 0.29) is 12.5 Å². The van der Waals surface area contributed by atoms with Crippen molar-refractivity contribution < 1.29 is 19.1 Å². The van der Waals surface area contributed by atoms with Crippen LogP contribution in [0.2, 0.25) is 0 Å². The number of para-hydroxylation sites is 1. The number of anilines is 1. The maximum Gasteiger partial charge on any atom is 0.329 e. The molecule has 0 atom stereocenters. The second-order valence-corrected chi connectivity index (χ2v) is 7.09. The smallest absolute Gasteiger partial charge is 0.329 e. The molecule has 0 bridgehead atoms. The van der Waals surface area contributed by atoms with E-state index in [0.717, 1.165) is 11.1 Å². The summed E-state index contributed by atoms with van der Waals surface area (Å²) < 4.78 is 5.47. The van der Waals surface area contributed by atoms with Crippen LogP contribution in [0.3, 0.4) is 0 Å². The first-order valence-corrected chi connectivity index (χ1v) is 10.2. The third-order valence-electron chi connectivity index (χ3n) is 4.56. The summed E-state index contributed by atoms with van der Waals surface area (Å²) in [4.78, 5) is 35.8. The quantitative estimate of drug-likeness (QED) is 0.282. The average molecular weight is 444 g/mol. The van der Waals surface area contributed by atoms with E-state index in [2.05, 4.69) is 21.2 Å². The number of nitrogens with one attached hydrogen (secondary N) is 3. The van der Waals surface area contributed by atoms with Crippen molar-refractivity contribution in [1.82, 2.24) is 10.7 Å². The molecule has 0 saturated heterocycles. The second kappa shape index (κ2) is 11.8. The molecule has 0 aliphatic heterocycles. The minimum atomic E-state index is -0.879. The van der Waals surface area contributed by atoms with Gasteiger partial charge in [0.05, 0.1) is 6.21 Å². The lowest BCUT2D eigenvalue weighted by atomic mass is 10.2. The molecule has 0 spiro atoms. The summed E-state index contributed by atoms with van der Waals surface area (Å²) >= 11 is 0. The van der Waals surface area contributed by atoms with Gasteiger partial charge < -0.3 is 15.4 Å². The molecule has 8 heteroatoms. The summed E-state index contributed by atoms with van der Waals surface area (Å²) in [6.07, 6.45) is 1.40. The molecule has 3 aromatic carbocycles. The molecule has 0 fully saturated rings. The molecule has 0 aliphatic carbocycles. The molecule has 168 valence electrons. The normalized spacial score (nSPS) is 10.5. The van der Waals surface area contributed by atoms with E-state index in [9.17, 15) is 14.4 Å². The van der Waals surface area contributed by atoms with Crippen LogP contribution in [0.5, 0.6) is 5.75 Å². The number of aryl methyl sites for hydroxylation is 1. The van der Waals surface area contributed by atoms with Crippen LogP contribution < -0.4 is 20.8 Å². The summed E-state index contributed by atoms with van der Waals surface area (Å²) in [5.74, 6) is -1.40. The topological polar surface area (TPSA) is 109 Å². The van der Waals surface area contributed by atoms with Gasteiger partial charge in [0.2, 0.25) is 0 Å². The summed E-state index contributed by atoms with van der Waals surface area (Å²) in [6.45, 7) is 2.16. The van der Waals surface area contributed by atoms with Gasteiger partial charge in [0.1, 0.15) is 5.75 Å². The predicted molar refractivity (Wildman–Crippen MR) is 126 cm³/mol. The molecule has 0 radical (unpaired) electrons. The van der Waals surface area contributed by atoms with Crippen molar-refractivity contribution in [1.29, 1.82) is 0 Å². The standard InChI is InChI=1S/C25H24N4O4/c1-18-7-5-6-10-22(18)28-24(31)25(32)29-27-16-20-11-13-21(14-12-20)33-17-23(30)26-15-19-8-3-2-4-9-19/h2-14,16H,15,17H2,1H3,(H,26,30)(H,28,31)(H,29,32)/b27-16-. The van der Waals surface area contributed by atoms with E-state index < -0.39 is 11.8 Å². The second-order valence-electron chi connectivity index (χ2n) is 7.09. The van der Waals surface area contributed by atoms with E-state index in [4.69, 9.17) is 4.74 Å². The van der Waals surface area contributed by atoms with Crippen molar-refractivity contribution in [2.24, 2.45) is 5.10 Å². The van der Waals surface area contributed by atoms with Gasteiger partial charge in [-0.1, -0.05) is 48.5 Å². The van der Waals surface area contributed by atoms with Gasteiger partial charge in [0, 0.05) is 12.2 Å².